The normalized spacial score (nSPS) is 14.3. The smallest absolute Gasteiger partial charge is 0.294 e. The fourth-order valence-electron chi connectivity index (χ4n) is 2.15. The van der Waals surface area contributed by atoms with Crippen LogP contribution in [-0.2, 0) is 6.54 Å². The topological polar surface area (TPSA) is 61.9 Å². The highest BCUT2D eigenvalue weighted by Crippen LogP contribution is 2.29. The van der Waals surface area contributed by atoms with Gasteiger partial charge in [0.05, 0.1) is 0 Å². The summed E-state index contributed by atoms with van der Waals surface area (Å²) in [6.07, 6.45) is 1.95. The van der Waals surface area contributed by atoms with Gasteiger partial charge >= 0.3 is 0 Å². The SMILES string of the molecule is Cc1nc(C(=O)N(Cc2cccc(F)c2)C2CC2)n[nH]1. The van der Waals surface area contributed by atoms with Crippen LogP contribution in [0.25, 0.3) is 0 Å². The van der Waals surface area contributed by atoms with Gasteiger partial charge in [0.2, 0.25) is 5.82 Å². The Morgan fingerprint density at radius 1 is 1.50 bits per heavy atom. The van der Waals surface area contributed by atoms with E-state index in [9.17, 15) is 9.18 Å². The maximum Gasteiger partial charge on any atom is 0.294 e. The van der Waals surface area contributed by atoms with Gasteiger partial charge in [-0.05, 0) is 37.5 Å². The van der Waals surface area contributed by atoms with Crippen molar-refractivity contribution in [2.24, 2.45) is 0 Å². The molecule has 0 bridgehead atoms. The minimum atomic E-state index is -0.292. The summed E-state index contributed by atoms with van der Waals surface area (Å²) < 4.78 is 13.2. The molecule has 1 heterocycles. The van der Waals surface area contributed by atoms with Crippen molar-refractivity contribution in [1.29, 1.82) is 0 Å². The summed E-state index contributed by atoms with van der Waals surface area (Å²) in [5.41, 5.74) is 0.775. The predicted octanol–water partition coefficient (Wildman–Crippen LogP) is 2.06. The van der Waals surface area contributed by atoms with Crippen molar-refractivity contribution in [3.63, 3.8) is 0 Å². The van der Waals surface area contributed by atoms with Crippen LogP contribution in [0.2, 0.25) is 0 Å². The highest BCUT2D eigenvalue weighted by atomic mass is 19.1. The van der Waals surface area contributed by atoms with Crippen molar-refractivity contribution in [2.45, 2.75) is 32.4 Å². The monoisotopic (exact) mass is 274 g/mol. The van der Waals surface area contributed by atoms with Gasteiger partial charge in [0.25, 0.3) is 5.91 Å². The zero-order valence-corrected chi connectivity index (χ0v) is 11.1. The lowest BCUT2D eigenvalue weighted by atomic mass is 10.2. The second-order valence-electron chi connectivity index (χ2n) is 5.04. The molecule has 2 aromatic rings. The van der Waals surface area contributed by atoms with Crippen LogP contribution in [0.5, 0.6) is 0 Å². The number of benzene rings is 1. The fraction of sp³-hybridized carbons (Fsp3) is 0.357. The largest absolute Gasteiger partial charge is 0.329 e. The van der Waals surface area contributed by atoms with Gasteiger partial charge in [-0.3, -0.25) is 9.89 Å². The van der Waals surface area contributed by atoms with E-state index in [1.165, 1.54) is 12.1 Å². The van der Waals surface area contributed by atoms with Gasteiger partial charge in [0.15, 0.2) is 0 Å². The molecule has 1 N–H and O–H groups in total. The number of nitrogens with one attached hydrogen (secondary N) is 1. The second-order valence-corrected chi connectivity index (χ2v) is 5.04. The van der Waals surface area contributed by atoms with E-state index in [1.807, 2.05) is 6.07 Å². The molecule has 6 heteroatoms. The Bertz CT molecular complexity index is 636. The number of carbonyl (C=O) groups is 1. The van der Waals surface area contributed by atoms with E-state index in [4.69, 9.17) is 0 Å². The van der Waals surface area contributed by atoms with Crippen molar-refractivity contribution < 1.29 is 9.18 Å². The lowest BCUT2D eigenvalue weighted by molar-refractivity contribution is 0.0717. The number of hydrogen-bond acceptors (Lipinski definition) is 3. The first kappa shape index (κ1) is 12.8. The minimum absolute atomic E-state index is 0.172. The first-order chi connectivity index (χ1) is 9.63. The zero-order valence-electron chi connectivity index (χ0n) is 11.1. The molecule has 1 aromatic carbocycles. The van der Waals surface area contributed by atoms with Gasteiger partial charge in [0, 0.05) is 12.6 Å². The summed E-state index contributed by atoms with van der Waals surface area (Å²) >= 11 is 0. The zero-order chi connectivity index (χ0) is 14.1. The van der Waals surface area contributed by atoms with Crippen LogP contribution in [0.4, 0.5) is 4.39 Å². The Morgan fingerprint density at radius 3 is 2.90 bits per heavy atom. The first-order valence-corrected chi connectivity index (χ1v) is 6.58. The summed E-state index contributed by atoms with van der Waals surface area (Å²) in [5.74, 6) is 0.279. The molecule has 0 radical (unpaired) electrons. The summed E-state index contributed by atoms with van der Waals surface area (Å²) in [4.78, 5) is 18.2. The molecule has 1 aliphatic rings. The number of amides is 1. The molecular formula is C14H15FN4O. The summed E-state index contributed by atoms with van der Waals surface area (Å²) in [6.45, 7) is 2.13. The Morgan fingerprint density at radius 2 is 2.30 bits per heavy atom. The quantitative estimate of drug-likeness (QED) is 0.928. The van der Waals surface area contributed by atoms with Crippen LogP contribution in [0.1, 0.15) is 34.8 Å². The van der Waals surface area contributed by atoms with Gasteiger partial charge in [0.1, 0.15) is 11.6 Å². The average Bonchev–Trinajstić information content (AvgIpc) is 3.17. The number of halogens is 1. The van der Waals surface area contributed by atoms with Crippen LogP contribution in [0, 0.1) is 12.7 Å². The van der Waals surface area contributed by atoms with Crippen molar-refractivity contribution in [2.75, 3.05) is 0 Å². The fourth-order valence-corrected chi connectivity index (χ4v) is 2.15. The first-order valence-electron chi connectivity index (χ1n) is 6.58. The van der Waals surface area contributed by atoms with E-state index < -0.39 is 0 Å². The number of H-pyrrole nitrogens is 1. The molecule has 0 unspecified atom stereocenters. The Balaban J connectivity index is 1.81. The van der Waals surface area contributed by atoms with Gasteiger partial charge in [-0.25, -0.2) is 9.37 Å². The molecule has 1 amide bonds. The lowest BCUT2D eigenvalue weighted by Crippen LogP contribution is -2.33. The third-order valence-corrected chi connectivity index (χ3v) is 3.28. The van der Waals surface area contributed by atoms with Crippen LogP contribution >= 0.6 is 0 Å². The van der Waals surface area contributed by atoms with E-state index in [1.54, 1.807) is 17.9 Å². The molecule has 1 aromatic heterocycles. The summed E-state index contributed by atoms with van der Waals surface area (Å²) in [6, 6.07) is 6.52. The molecule has 3 rings (SSSR count). The summed E-state index contributed by atoms with van der Waals surface area (Å²) in [5, 5.41) is 6.57. The molecule has 0 spiro atoms. The molecule has 0 aliphatic heterocycles. The van der Waals surface area contributed by atoms with E-state index in [2.05, 4.69) is 15.2 Å². The van der Waals surface area contributed by atoms with Crippen LogP contribution < -0.4 is 0 Å². The third kappa shape index (κ3) is 2.68. The van der Waals surface area contributed by atoms with Crippen LogP contribution in [0.15, 0.2) is 24.3 Å². The highest BCUT2D eigenvalue weighted by Gasteiger charge is 2.34. The number of aromatic amines is 1. The number of aryl methyl sites for hydroxylation is 1. The standard InChI is InChI=1S/C14H15FN4O/c1-9-16-13(18-17-9)14(20)19(12-5-6-12)8-10-3-2-4-11(15)7-10/h2-4,7,12H,5-6,8H2,1H3,(H,16,17,18). The third-order valence-electron chi connectivity index (χ3n) is 3.28. The van der Waals surface area contributed by atoms with Gasteiger partial charge in [-0.1, -0.05) is 12.1 Å². The Hall–Kier alpha value is -2.24. The highest BCUT2D eigenvalue weighted by molar-refractivity contribution is 5.90. The van der Waals surface area contributed by atoms with Gasteiger partial charge in [-0.2, -0.15) is 0 Å². The summed E-state index contributed by atoms with van der Waals surface area (Å²) in [7, 11) is 0. The van der Waals surface area contributed by atoms with Gasteiger partial charge in [-0.15, -0.1) is 5.10 Å². The van der Waals surface area contributed by atoms with E-state index in [0.717, 1.165) is 18.4 Å². The molecule has 1 fully saturated rings. The van der Waals surface area contributed by atoms with Crippen molar-refractivity contribution in [1.82, 2.24) is 20.1 Å². The second kappa shape index (κ2) is 5.03. The molecule has 0 atom stereocenters. The van der Waals surface area contributed by atoms with Crippen molar-refractivity contribution in [3.05, 3.63) is 47.3 Å². The number of rotatable bonds is 4. The molecule has 20 heavy (non-hydrogen) atoms. The number of aromatic nitrogens is 3. The van der Waals surface area contributed by atoms with Crippen LogP contribution in [0.3, 0.4) is 0 Å². The van der Waals surface area contributed by atoms with Crippen molar-refractivity contribution in [3.8, 4) is 0 Å². The van der Waals surface area contributed by atoms with Crippen molar-refractivity contribution >= 4 is 5.91 Å². The molecule has 1 aliphatic carbocycles. The number of hydrogen-bond donors (Lipinski definition) is 1. The van der Waals surface area contributed by atoms with E-state index in [-0.39, 0.29) is 23.6 Å². The minimum Gasteiger partial charge on any atom is -0.329 e. The van der Waals surface area contributed by atoms with E-state index in [0.29, 0.717) is 12.4 Å². The Labute approximate surface area is 115 Å². The molecule has 104 valence electrons. The Kier molecular flexibility index (Phi) is 3.22. The molecule has 0 saturated heterocycles. The van der Waals surface area contributed by atoms with Gasteiger partial charge < -0.3 is 4.90 Å². The number of nitrogens with zero attached hydrogens (tertiary/aromatic N) is 3. The van der Waals surface area contributed by atoms with E-state index >= 15 is 0 Å². The number of carbonyl (C=O) groups excluding carboxylic acids is 1. The lowest BCUT2D eigenvalue weighted by Gasteiger charge is -2.21. The average molecular weight is 274 g/mol. The predicted molar refractivity (Wildman–Crippen MR) is 70.4 cm³/mol. The molecule has 5 nitrogen and oxygen atoms in total. The molecular weight excluding hydrogens is 259 g/mol. The maximum atomic E-state index is 13.2. The molecule has 1 saturated carbocycles. The van der Waals surface area contributed by atoms with Crippen LogP contribution in [-0.4, -0.2) is 32.0 Å². The maximum absolute atomic E-state index is 13.2.